The van der Waals surface area contributed by atoms with Crippen LogP contribution in [-0.4, -0.2) is 43.2 Å². The maximum atomic E-state index is 13.1. The lowest BCUT2D eigenvalue weighted by Crippen LogP contribution is -2.39. The topological polar surface area (TPSA) is 112 Å². The number of methoxy groups -OCH3 is 1. The van der Waals surface area contributed by atoms with E-state index in [1.54, 1.807) is 13.2 Å². The van der Waals surface area contributed by atoms with Crippen molar-refractivity contribution in [1.29, 1.82) is 0 Å². The van der Waals surface area contributed by atoms with Crippen molar-refractivity contribution in [1.82, 2.24) is 16.2 Å². The Bertz CT molecular complexity index is 1010. The fourth-order valence-corrected chi connectivity index (χ4v) is 5.62. The number of nitrogens with one attached hydrogen (secondary N) is 4. The minimum Gasteiger partial charge on any atom is -0.508 e. The van der Waals surface area contributed by atoms with Gasteiger partial charge in [-0.3, -0.25) is 9.59 Å². The van der Waals surface area contributed by atoms with Gasteiger partial charge in [-0.1, -0.05) is 12.1 Å². The van der Waals surface area contributed by atoms with Gasteiger partial charge < -0.3 is 20.5 Å². The third-order valence-electron chi connectivity index (χ3n) is 6.01. The number of anilines is 1. The van der Waals surface area contributed by atoms with E-state index in [-0.39, 0.29) is 23.6 Å². The van der Waals surface area contributed by atoms with E-state index in [0.717, 1.165) is 42.4 Å². The summed E-state index contributed by atoms with van der Waals surface area (Å²) >= 11 is 1.51. The fourth-order valence-electron chi connectivity index (χ4n) is 4.33. The summed E-state index contributed by atoms with van der Waals surface area (Å²) in [4.78, 5) is 27.2. The van der Waals surface area contributed by atoms with Gasteiger partial charge in [-0.05, 0) is 56.2 Å². The Hall–Kier alpha value is -2.46. The minimum atomic E-state index is -0.482. The number of aryl methyl sites for hydroxylation is 2. The lowest BCUT2D eigenvalue weighted by Gasteiger charge is -2.14. The van der Waals surface area contributed by atoms with Crippen molar-refractivity contribution in [2.45, 2.75) is 51.1 Å². The summed E-state index contributed by atoms with van der Waals surface area (Å²) < 4.78 is 5.03. The van der Waals surface area contributed by atoms with Gasteiger partial charge in [-0.2, -0.15) is 0 Å². The van der Waals surface area contributed by atoms with E-state index < -0.39 is 6.04 Å². The molecule has 1 aromatic heterocycles. The lowest BCUT2D eigenvalue weighted by atomic mass is 9.95. The van der Waals surface area contributed by atoms with E-state index in [1.165, 1.54) is 16.2 Å². The molecule has 2 aliphatic rings. The molecule has 1 aliphatic carbocycles. The number of hydrogen-bond acceptors (Lipinski definition) is 7. The molecule has 2 heterocycles. The molecule has 2 aromatic rings. The molecule has 32 heavy (non-hydrogen) atoms. The molecule has 9 heteroatoms. The standard InChI is InChI=1S/C23H30N4O4S/c1-13-7-8-14(18(28)11-13)16-12-17(27-26-16)21(29)25-23-20(22(30)24-9-10-31-2)15-5-3-4-6-19(15)32-23/h7-8,11,16-17,26-28H,3-6,9-10,12H2,1-2H3,(H,24,30)(H,25,29). The lowest BCUT2D eigenvalue weighted by molar-refractivity contribution is -0.117. The second-order valence-corrected chi connectivity index (χ2v) is 9.45. The quantitative estimate of drug-likeness (QED) is 0.408. The van der Waals surface area contributed by atoms with Crippen molar-refractivity contribution in [3.8, 4) is 5.75 Å². The number of aromatic hydroxyl groups is 1. The number of hydrazine groups is 1. The summed E-state index contributed by atoms with van der Waals surface area (Å²) in [5.74, 6) is -0.154. The number of amides is 2. The van der Waals surface area contributed by atoms with E-state index >= 15 is 0 Å². The Balaban J connectivity index is 1.48. The average molecular weight is 459 g/mol. The van der Waals surface area contributed by atoms with E-state index in [0.29, 0.717) is 30.1 Å². The van der Waals surface area contributed by atoms with Gasteiger partial charge in [-0.15, -0.1) is 11.3 Å². The average Bonchev–Trinajstić information content (AvgIpc) is 3.38. The third kappa shape index (κ3) is 4.80. The van der Waals surface area contributed by atoms with Crippen molar-refractivity contribution < 1.29 is 19.4 Å². The highest BCUT2D eigenvalue weighted by molar-refractivity contribution is 7.17. The molecule has 172 valence electrons. The third-order valence-corrected chi connectivity index (χ3v) is 7.22. The van der Waals surface area contributed by atoms with Crippen LogP contribution in [0.4, 0.5) is 5.00 Å². The first-order chi connectivity index (χ1) is 15.5. The summed E-state index contributed by atoms with van der Waals surface area (Å²) in [5, 5.41) is 16.8. The van der Waals surface area contributed by atoms with Crippen molar-refractivity contribution in [2.75, 3.05) is 25.6 Å². The molecule has 0 saturated carbocycles. The van der Waals surface area contributed by atoms with Crippen molar-refractivity contribution in [3.05, 3.63) is 45.3 Å². The Morgan fingerprint density at radius 2 is 2.06 bits per heavy atom. The number of thiophene rings is 1. The van der Waals surface area contributed by atoms with Crippen LogP contribution in [0, 0.1) is 6.92 Å². The van der Waals surface area contributed by atoms with E-state index in [4.69, 9.17) is 4.74 Å². The Morgan fingerprint density at radius 1 is 1.25 bits per heavy atom. The van der Waals surface area contributed by atoms with Crippen LogP contribution in [0.15, 0.2) is 18.2 Å². The van der Waals surface area contributed by atoms with E-state index in [1.807, 2.05) is 19.1 Å². The van der Waals surface area contributed by atoms with Crippen LogP contribution in [0.1, 0.15) is 57.2 Å². The molecule has 0 radical (unpaired) electrons. The van der Waals surface area contributed by atoms with Gasteiger partial charge in [-0.25, -0.2) is 10.9 Å². The zero-order valence-electron chi connectivity index (χ0n) is 18.4. The number of benzene rings is 1. The van der Waals surface area contributed by atoms with Crippen LogP contribution >= 0.6 is 11.3 Å². The van der Waals surface area contributed by atoms with Crippen LogP contribution < -0.4 is 21.5 Å². The van der Waals surface area contributed by atoms with Gasteiger partial charge in [0.25, 0.3) is 5.91 Å². The van der Waals surface area contributed by atoms with Gasteiger partial charge in [0.1, 0.15) is 16.8 Å². The number of ether oxygens (including phenoxy) is 1. The molecule has 4 rings (SSSR count). The molecular weight excluding hydrogens is 428 g/mol. The summed E-state index contributed by atoms with van der Waals surface area (Å²) in [7, 11) is 1.59. The normalized spacial score (nSPS) is 20.1. The molecule has 1 aliphatic heterocycles. The number of rotatable bonds is 7. The van der Waals surface area contributed by atoms with Crippen molar-refractivity contribution in [2.24, 2.45) is 0 Å². The highest BCUT2D eigenvalue weighted by atomic mass is 32.1. The molecule has 2 atom stereocenters. The van der Waals surface area contributed by atoms with E-state index in [2.05, 4.69) is 21.5 Å². The maximum absolute atomic E-state index is 13.1. The summed E-state index contributed by atoms with van der Waals surface area (Å²) in [5.41, 5.74) is 9.53. The second-order valence-electron chi connectivity index (χ2n) is 8.34. The molecule has 0 spiro atoms. The van der Waals surface area contributed by atoms with Crippen molar-refractivity contribution in [3.63, 3.8) is 0 Å². The van der Waals surface area contributed by atoms with Gasteiger partial charge in [0.05, 0.1) is 18.2 Å². The smallest absolute Gasteiger partial charge is 0.254 e. The predicted octanol–water partition coefficient (Wildman–Crippen LogP) is 2.56. The zero-order valence-corrected chi connectivity index (χ0v) is 19.2. The predicted molar refractivity (Wildman–Crippen MR) is 124 cm³/mol. The molecule has 1 saturated heterocycles. The first-order valence-electron chi connectivity index (χ1n) is 11.0. The van der Waals surface area contributed by atoms with Gasteiger partial charge in [0.15, 0.2) is 0 Å². The van der Waals surface area contributed by atoms with Gasteiger partial charge in [0.2, 0.25) is 5.91 Å². The number of hydrogen-bond donors (Lipinski definition) is 5. The maximum Gasteiger partial charge on any atom is 0.254 e. The van der Waals surface area contributed by atoms with Crippen LogP contribution in [0.5, 0.6) is 5.75 Å². The Kier molecular flexibility index (Phi) is 7.10. The first-order valence-corrected chi connectivity index (χ1v) is 11.8. The van der Waals surface area contributed by atoms with Gasteiger partial charge in [0, 0.05) is 24.1 Å². The summed E-state index contributed by atoms with van der Waals surface area (Å²) in [6, 6.07) is 4.87. The number of carbonyl (C=O) groups excluding carboxylic acids is 2. The Labute approximate surface area is 191 Å². The highest BCUT2D eigenvalue weighted by Gasteiger charge is 2.33. The van der Waals surface area contributed by atoms with E-state index in [9.17, 15) is 14.7 Å². The fraction of sp³-hybridized carbons (Fsp3) is 0.478. The molecule has 5 N–H and O–H groups in total. The largest absolute Gasteiger partial charge is 0.508 e. The molecule has 0 bridgehead atoms. The molecule has 1 fully saturated rings. The number of fused-ring (bicyclic) bond motifs is 1. The SMILES string of the molecule is COCCNC(=O)c1c(NC(=O)C2CC(c3ccc(C)cc3O)NN2)sc2c1CCCC2. The summed E-state index contributed by atoms with van der Waals surface area (Å²) in [6.07, 6.45) is 4.43. The second kappa shape index (κ2) is 9.99. The van der Waals surface area contributed by atoms with Crippen LogP contribution in [0.3, 0.4) is 0 Å². The molecule has 2 unspecified atom stereocenters. The molecule has 1 aromatic carbocycles. The van der Waals surface area contributed by atoms with Crippen molar-refractivity contribution >= 4 is 28.2 Å². The zero-order chi connectivity index (χ0) is 22.7. The first kappa shape index (κ1) is 22.7. The van der Waals surface area contributed by atoms with Crippen LogP contribution in [0.25, 0.3) is 0 Å². The van der Waals surface area contributed by atoms with Crippen LogP contribution in [0.2, 0.25) is 0 Å². The highest BCUT2D eigenvalue weighted by Crippen LogP contribution is 2.38. The summed E-state index contributed by atoms with van der Waals surface area (Å²) in [6.45, 7) is 2.78. The minimum absolute atomic E-state index is 0.170. The molecule has 8 nitrogen and oxygen atoms in total. The Morgan fingerprint density at radius 3 is 2.84 bits per heavy atom. The monoisotopic (exact) mass is 458 g/mol. The number of phenols is 1. The number of phenolic OH excluding ortho intramolecular Hbond substituents is 1. The molecule has 2 amide bonds. The van der Waals surface area contributed by atoms with Gasteiger partial charge >= 0.3 is 0 Å². The van der Waals surface area contributed by atoms with Crippen LogP contribution in [-0.2, 0) is 22.4 Å². The number of carbonyl (C=O) groups is 2. The molecular formula is C23H30N4O4S.